The summed E-state index contributed by atoms with van der Waals surface area (Å²) in [6, 6.07) is 12.1. The number of anilines is 1. The second kappa shape index (κ2) is 7.94. The third-order valence-corrected chi connectivity index (χ3v) is 4.89. The summed E-state index contributed by atoms with van der Waals surface area (Å²) >= 11 is 0. The topological polar surface area (TPSA) is 66.1 Å². The number of aliphatic hydroxyl groups is 1. The van der Waals surface area contributed by atoms with Gasteiger partial charge < -0.3 is 14.7 Å². The highest BCUT2D eigenvalue weighted by atomic mass is 16.5. The molecule has 0 aliphatic carbocycles. The lowest BCUT2D eigenvalue weighted by Crippen LogP contribution is -2.47. The van der Waals surface area contributed by atoms with Crippen molar-refractivity contribution in [2.75, 3.05) is 50.8 Å². The van der Waals surface area contributed by atoms with Crippen LogP contribution in [0.25, 0.3) is 16.9 Å². The Labute approximate surface area is 158 Å². The maximum atomic E-state index is 9.15. The maximum Gasteiger partial charge on any atom is 0.157 e. The van der Waals surface area contributed by atoms with Crippen molar-refractivity contribution in [2.24, 2.45) is 0 Å². The van der Waals surface area contributed by atoms with Gasteiger partial charge in [0, 0.05) is 50.4 Å². The van der Waals surface area contributed by atoms with Gasteiger partial charge in [-0.1, -0.05) is 12.1 Å². The smallest absolute Gasteiger partial charge is 0.157 e. The molecule has 27 heavy (non-hydrogen) atoms. The van der Waals surface area contributed by atoms with E-state index in [1.807, 2.05) is 35.7 Å². The third kappa shape index (κ3) is 3.74. The number of benzene rings is 1. The largest absolute Gasteiger partial charge is 0.494 e. The molecule has 3 aromatic rings. The minimum absolute atomic E-state index is 0.207. The number of hydrogen-bond acceptors (Lipinski definition) is 6. The van der Waals surface area contributed by atoms with Crippen LogP contribution in [0.4, 0.5) is 5.82 Å². The highest BCUT2D eigenvalue weighted by molar-refractivity contribution is 5.68. The van der Waals surface area contributed by atoms with E-state index in [0.29, 0.717) is 6.61 Å². The molecule has 1 aliphatic heterocycles. The first-order valence-corrected chi connectivity index (χ1v) is 9.44. The van der Waals surface area contributed by atoms with E-state index < -0.39 is 0 Å². The van der Waals surface area contributed by atoms with Crippen molar-refractivity contribution in [1.29, 1.82) is 0 Å². The molecule has 0 radical (unpaired) electrons. The van der Waals surface area contributed by atoms with Crippen LogP contribution in [-0.4, -0.2) is 70.5 Å². The summed E-state index contributed by atoms with van der Waals surface area (Å²) in [6.45, 7) is 7.23. The molecular formula is C20H25N5O2. The second-order valence-electron chi connectivity index (χ2n) is 6.61. The number of aliphatic hydroxyl groups excluding tert-OH is 1. The summed E-state index contributed by atoms with van der Waals surface area (Å²) in [5, 5.41) is 13.6. The van der Waals surface area contributed by atoms with Crippen LogP contribution in [0.1, 0.15) is 6.92 Å². The zero-order valence-corrected chi connectivity index (χ0v) is 15.6. The van der Waals surface area contributed by atoms with Crippen molar-refractivity contribution in [2.45, 2.75) is 6.92 Å². The van der Waals surface area contributed by atoms with E-state index in [9.17, 15) is 0 Å². The van der Waals surface area contributed by atoms with Crippen molar-refractivity contribution in [1.82, 2.24) is 19.5 Å². The van der Waals surface area contributed by atoms with Gasteiger partial charge in [0.15, 0.2) is 5.65 Å². The van der Waals surface area contributed by atoms with Gasteiger partial charge in [0.1, 0.15) is 11.6 Å². The fourth-order valence-electron chi connectivity index (χ4n) is 3.52. The Kier molecular flexibility index (Phi) is 5.22. The van der Waals surface area contributed by atoms with E-state index in [0.717, 1.165) is 61.2 Å². The molecule has 0 amide bonds. The zero-order chi connectivity index (χ0) is 18.6. The van der Waals surface area contributed by atoms with Crippen LogP contribution in [0.15, 0.2) is 42.6 Å². The Balaban J connectivity index is 1.67. The zero-order valence-electron chi connectivity index (χ0n) is 15.6. The molecule has 1 aliphatic rings. The van der Waals surface area contributed by atoms with Crippen molar-refractivity contribution >= 4 is 11.5 Å². The molecule has 1 aromatic carbocycles. The predicted molar refractivity (Wildman–Crippen MR) is 105 cm³/mol. The van der Waals surface area contributed by atoms with Crippen molar-refractivity contribution in [3.8, 4) is 17.0 Å². The molecule has 1 fully saturated rings. The fraction of sp³-hybridized carbons (Fsp3) is 0.400. The van der Waals surface area contributed by atoms with E-state index in [1.165, 1.54) is 0 Å². The van der Waals surface area contributed by atoms with Crippen molar-refractivity contribution < 1.29 is 9.84 Å². The van der Waals surface area contributed by atoms with Gasteiger partial charge in [-0.25, -0.2) is 4.98 Å². The SMILES string of the molecule is CCOc1cccc(-c2cc(N3CCN(CCO)CC3)n3nccc3n2)c1. The number of aromatic nitrogens is 3. The monoisotopic (exact) mass is 367 g/mol. The minimum atomic E-state index is 0.207. The van der Waals surface area contributed by atoms with E-state index in [2.05, 4.69) is 27.0 Å². The third-order valence-electron chi connectivity index (χ3n) is 4.89. The molecule has 0 saturated carbocycles. The van der Waals surface area contributed by atoms with Crippen LogP contribution in [0.3, 0.4) is 0 Å². The summed E-state index contributed by atoms with van der Waals surface area (Å²) in [5.74, 6) is 1.90. The molecular weight excluding hydrogens is 342 g/mol. The molecule has 0 bridgehead atoms. The van der Waals surface area contributed by atoms with Crippen molar-refractivity contribution in [3.05, 3.63) is 42.6 Å². The van der Waals surface area contributed by atoms with Crippen LogP contribution >= 0.6 is 0 Å². The highest BCUT2D eigenvalue weighted by Gasteiger charge is 2.20. The van der Waals surface area contributed by atoms with E-state index in [-0.39, 0.29) is 6.61 Å². The van der Waals surface area contributed by atoms with Crippen molar-refractivity contribution in [3.63, 3.8) is 0 Å². The lowest BCUT2D eigenvalue weighted by molar-refractivity contribution is 0.188. The van der Waals surface area contributed by atoms with E-state index >= 15 is 0 Å². The van der Waals surface area contributed by atoms with Crippen LogP contribution in [0, 0.1) is 0 Å². The highest BCUT2D eigenvalue weighted by Crippen LogP contribution is 2.27. The molecule has 142 valence electrons. The predicted octanol–water partition coefficient (Wildman–Crippen LogP) is 1.91. The van der Waals surface area contributed by atoms with Gasteiger partial charge in [-0.05, 0) is 19.1 Å². The van der Waals surface area contributed by atoms with Crippen LogP contribution < -0.4 is 9.64 Å². The van der Waals surface area contributed by atoms with Crippen LogP contribution in [0.2, 0.25) is 0 Å². The average Bonchev–Trinajstić information content (AvgIpc) is 3.17. The van der Waals surface area contributed by atoms with Gasteiger partial charge in [-0.15, -0.1) is 0 Å². The molecule has 1 N–H and O–H groups in total. The van der Waals surface area contributed by atoms with Gasteiger partial charge >= 0.3 is 0 Å². The fourth-order valence-corrected chi connectivity index (χ4v) is 3.52. The molecule has 7 nitrogen and oxygen atoms in total. The number of β-amino-alcohol motifs (C(OH)–C–C–N with tert-alkyl or cyclic N) is 1. The maximum absolute atomic E-state index is 9.15. The summed E-state index contributed by atoms with van der Waals surface area (Å²) in [6.07, 6.45) is 1.79. The average molecular weight is 367 g/mol. The van der Waals surface area contributed by atoms with Crippen LogP contribution in [0.5, 0.6) is 5.75 Å². The Morgan fingerprint density at radius 2 is 1.96 bits per heavy atom. The number of rotatable bonds is 6. The summed E-state index contributed by atoms with van der Waals surface area (Å²) in [5.41, 5.74) is 2.78. The molecule has 0 spiro atoms. The molecule has 2 aromatic heterocycles. The lowest BCUT2D eigenvalue weighted by Gasteiger charge is -2.35. The Morgan fingerprint density at radius 1 is 1.11 bits per heavy atom. The van der Waals surface area contributed by atoms with E-state index in [1.54, 1.807) is 6.20 Å². The summed E-state index contributed by atoms with van der Waals surface area (Å²) < 4.78 is 7.54. The molecule has 1 saturated heterocycles. The lowest BCUT2D eigenvalue weighted by atomic mass is 10.1. The summed E-state index contributed by atoms with van der Waals surface area (Å²) in [7, 11) is 0. The Bertz CT molecular complexity index is 902. The minimum Gasteiger partial charge on any atom is -0.494 e. The van der Waals surface area contributed by atoms with Gasteiger partial charge in [-0.2, -0.15) is 9.61 Å². The molecule has 0 atom stereocenters. The first-order valence-electron chi connectivity index (χ1n) is 9.44. The van der Waals surface area contributed by atoms with Gasteiger partial charge in [0.2, 0.25) is 0 Å². The van der Waals surface area contributed by atoms with Gasteiger partial charge in [0.05, 0.1) is 25.1 Å². The number of fused-ring (bicyclic) bond motifs is 1. The first kappa shape index (κ1) is 17.8. The number of nitrogens with zero attached hydrogens (tertiary/aromatic N) is 5. The second-order valence-corrected chi connectivity index (χ2v) is 6.61. The van der Waals surface area contributed by atoms with Gasteiger partial charge in [0.25, 0.3) is 0 Å². The molecule has 4 rings (SSSR count). The molecule has 7 heteroatoms. The quantitative estimate of drug-likeness (QED) is 0.718. The molecule has 3 heterocycles. The van der Waals surface area contributed by atoms with Gasteiger partial charge in [-0.3, -0.25) is 4.90 Å². The normalized spacial score (nSPS) is 15.4. The standard InChI is InChI=1S/C20H25N5O2/c1-2-27-17-5-3-4-16(14-17)18-15-20(25-19(22-18)6-7-21-25)24-10-8-23(9-11-24)12-13-26/h3-7,14-15,26H,2,8-13H2,1H3. The van der Waals surface area contributed by atoms with Crippen LogP contribution in [-0.2, 0) is 0 Å². The Hall–Kier alpha value is -2.64. The Morgan fingerprint density at radius 3 is 2.74 bits per heavy atom. The van der Waals surface area contributed by atoms with E-state index in [4.69, 9.17) is 14.8 Å². The number of hydrogen-bond donors (Lipinski definition) is 1. The first-order chi connectivity index (χ1) is 13.3. The summed E-state index contributed by atoms with van der Waals surface area (Å²) in [4.78, 5) is 9.40. The molecule has 0 unspecified atom stereocenters. The number of piperazine rings is 1. The number of ether oxygens (including phenoxy) is 1.